The van der Waals surface area contributed by atoms with E-state index in [2.05, 4.69) is 4.74 Å². The molecule has 1 aromatic carbocycles. The molecule has 13 heavy (non-hydrogen) atoms. The van der Waals surface area contributed by atoms with Gasteiger partial charge >= 0.3 is 5.97 Å². The van der Waals surface area contributed by atoms with Gasteiger partial charge in [-0.3, -0.25) is 0 Å². The van der Waals surface area contributed by atoms with Crippen LogP contribution in [-0.2, 0) is 4.74 Å². The van der Waals surface area contributed by atoms with E-state index in [0.29, 0.717) is 5.56 Å². The van der Waals surface area contributed by atoms with Gasteiger partial charge in [-0.05, 0) is 31.0 Å². The van der Waals surface area contributed by atoms with E-state index in [-0.39, 0.29) is 5.75 Å². The lowest BCUT2D eigenvalue weighted by Gasteiger charge is -2.06. The summed E-state index contributed by atoms with van der Waals surface area (Å²) in [6.45, 7) is 3.59. The van der Waals surface area contributed by atoms with E-state index in [1.54, 1.807) is 19.9 Å². The third-order valence-corrected chi connectivity index (χ3v) is 1.95. The van der Waals surface area contributed by atoms with Crippen LogP contribution in [-0.4, -0.2) is 18.2 Å². The molecule has 3 heteroatoms. The number of methoxy groups -OCH3 is 1. The molecule has 0 heterocycles. The van der Waals surface area contributed by atoms with Crippen molar-refractivity contribution in [3.05, 3.63) is 28.8 Å². The Morgan fingerprint density at radius 1 is 1.31 bits per heavy atom. The molecule has 0 aliphatic carbocycles. The van der Waals surface area contributed by atoms with Gasteiger partial charge in [-0.15, -0.1) is 0 Å². The highest BCUT2D eigenvalue weighted by atomic mass is 16.5. The monoisotopic (exact) mass is 180 g/mol. The minimum atomic E-state index is -0.423. The number of hydrogen-bond acceptors (Lipinski definition) is 3. The molecule has 1 N–H and O–H groups in total. The summed E-state index contributed by atoms with van der Waals surface area (Å²) in [6, 6.07) is 3.18. The number of aryl methyl sites for hydroxylation is 2. The van der Waals surface area contributed by atoms with Crippen LogP contribution in [0.25, 0.3) is 0 Å². The summed E-state index contributed by atoms with van der Waals surface area (Å²) in [5, 5.41) is 9.36. The topological polar surface area (TPSA) is 46.5 Å². The second-order valence-corrected chi connectivity index (χ2v) is 2.95. The molecular formula is C10H12O3. The van der Waals surface area contributed by atoms with Crippen LogP contribution in [0, 0.1) is 13.8 Å². The van der Waals surface area contributed by atoms with Crippen LogP contribution in [0.4, 0.5) is 0 Å². The molecule has 0 spiro atoms. The van der Waals surface area contributed by atoms with Crippen LogP contribution in [0.2, 0.25) is 0 Å². The molecule has 0 unspecified atom stereocenters. The van der Waals surface area contributed by atoms with E-state index in [0.717, 1.165) is 11.1 Å². The lowest BCUT2D eigenvalue weighted by molar-refractivity contribution is 0.0599. The van der Waals surface area contributed by atoms with Crippen LogP contribution in [0.1, 0.15) is 21.5 Å². The molecule has 0 aliphatic rings. The number of aromatic hydroxyl groups is 1. The van der Waals surface area contributed by atoms with Gasteiger partial charge < -0.3 is 9.84 Å². The molecule has 0 amide bonds. The Bertz CT molecular complexity index is 342. The summed E-state index contributed by atoms with van der Waals surface area (Å²) in [5.41, 5.74) is 1.97. The van der Waals surface area contributed by atoms with Crippen LogP contribution >= 0.6 is 0 Å². The molecule has 1 aromatic rings. The van der Waals surface area contributed by atoms with Crippen molar-refractivity contribution < 1.29 is 14.6 Å². The van der Waals surface area contributed by atoms with Gasteiger partial charge in [0.15, 0.2) is 0 Å². The van der Waals surface area contributed by atoms with Crippen LogP contribution in [0.5, 0.6) is 5.75 Å². The average Bonchev–Trinajstić information content (AvgIpc) is 2.10. The maximum atomic E-state index is 11.2. The smallest absolute Gasteiger partial charge is 0.338 e. The Kier molecular flexibility index (Phi) is 2.56. The van der Waals surface area contributed by atoms with Gasteiger partial charge in [-0.25, -0.2) is 4.79 Å². The molecule has 0 atom stereocenters. The van der Waals surface area contributed by atoms with Gasteiger partial charge in [0.25, 0.3) is 0 Å². The van der Waals surface area contributed by atoms with Crippen molar-refractivity contribution in [1.82, 2.24) is 0 Å². The number of carbonyl (C=O) groups is 1. The zero-order valence-corrected chi connectivity index (χ0v) is 7.92. The number of rotatable bonds is 1. The number of benzene rings is 1. The Morgan fingerprint density at radius 3 is 2.46 bits per heavy atom. The number of hydrogen-bond donors (Lipinski definition) is 1. The number of phenolic OH excluding ortho intramolecular Hbond substituents is 1. The number of carbonyl (C=O) groups excluding carboxylic acids is 1. The van der Waals surface area contributed by atoms with Crippen molar-refractivity contribution in [2.75, 3.05) is 7.11 Å². The van der Waals surface area contributed by atoms with E-state index < -0.39 is 5.97 Å². The first-order chi connectivity index (χ1) is 6.06. The van der Waals surface area contributed by atoms with E-state index in [1.807, 2.05) is 0 Å². The summed E-state index contributed by atoms with van der Waals surface area (Å²) in [6.07, 6.45) is 0. The molecule has 0 bridgehead atoms. The van der Waals surface area contributed by atoms with E-state index in [1.165, 1.54) is 13.2 Å². The molecule has 0 saturated heterocycles. The molecule has 70 valence electrons. The summed E-state index contributed by atoms with van der Waals surface area (Å²) in [4.78, 5) is 11.2. The summed E-state index contributed by atoms with van der Waals surface area (Å²) < 4.78 is 4.56. The lowest BCUT2D eigenvalue weighted by atomic mass is 10.1. The van der Waals surface area contributed by atoms with Gasteiger partial charge in [0.2, 0.25) is 0 Å². The molecule has 0 fully saturated rings. The van der Waals surface area contributed by atoms with E-state index in [4.69, 9.17) is 0 Å². The maximum Gasteiger partial charge on any atom is 0.338 e. The summed E-state index contributed by atoms with van der Waals surface area (Å²) >= 11 is 0. The maximum absolute atomic E-state index is 11.2. The predicted octanol–water partition coefficient (Wildman–Crippen LogP) is 1.80. The number of phenols is 1. The number of esters is 1. The van der Waals surface area contributed by atoms with Gasteiger partial charge in [0.05, 0.1) is 12.7 Å². The number of ether oxygens (including phenoxy) is 1. The average molecular weight is 180 g/mol. The minimum Gasteiger partial charge on any atom is -0.508 e. The van der Waals surface area contributed by atoms with Gasteiger partial charge in [0, 0.05) is 0 Å². The second-order valence-electron chi connectivity index (χ2n) is 2.95. The van der Waals surface area contributed by atoms with E-state index >= 15 is 0 Å². The van der Waals surface area contributed by atoms with Crippen LogP contribution in [0.3, 0.4) is 0 Å². The fraction of sp³-hybridized carbons (Fsp3) is 0.300. The molecule has 0 saturated carbocycles. The molecule has 3 nitrogen and oxygen atoms in total. The van der Waals surface area contributed by atoms with Gasteiger partial charge in [-0.1, -0.05) is 6.07 Å². The zero-order valence-electron chi connectivity index (χ0n) is 7.92. The van der Waals surface area contributed by atoms with E-state index in [9.17, 15) is 9.90 Å². The minimum absolute atomic E-state index is 0.117. The van der Waals surface area contributed by atoms with Crippen molar-refractivity contribution in [3.63, 3.8) is 0 Å². The normalized spacial score (nSPS) is 9.77. The third-order valence-electron chi connectivity index (χ3n) is 1.95. The van der Waals surface area contributed by atoms with Gasteiger partial charge in [0.1, 0.15) is 5.75 Å². The standard InChI is InChI=1S/C10H12O3/c1-6-4-7(2)9(11)5-8(6)10(12)13-3/h4-5,11H,1-3H3. The fourth-order valence-corrected chi connectivity index (χ4v) is 1.17. The molecule has 0 radical (unpaired) electrons. The summed E-state index contributed by atoms with van der Waals surface area (Å²) in [5.74, 6) is -0.307. The quantitative estimate of drug-likeness (QED) is 0.670. The van der Waals surface area contributed by atoms with Crippen molar-refractivity contribution in [2.45, 2.75) is 13.8 Å². The van der Waals surface area contributed by atoms with Crippen molar-refractivity contribution in [3.8, 4) is 5.75 Å². The molecule has 1 rings (SSSR count). The Labute approximate surface area is 77.0 Å². The highest BCUT2D eigenvalue weighted by Crippen LogP contribution is 2.21. The lowest BCUT2D eigenvalue weighted by Crippen LogP contribution is -2.03. The largest absolute Gasteiger partial charge is 0.508 e. The first-order valence-corrected chi connectivity index (χ1v) is 3.94. The Morgan fingerprint density at radius 2 is 1.92 bits per heavy atom. The molecule has 0 aromatic heterocycles. The van der Waals surface area contributed by atoms with Crippen molar-refractivity contribution >= 4 is 5.97 Å². The Balaban J connectivity index is 3.23. The van der Waals surface area contributed by atoms with Crippen molar-refractivity contribution in [1.29, 1.82) is 0 Å². The highest BCUT2D eigenvalue weighted by molar-refractivity contribution is 5.91. The summed E-state index contributed by atoms with van der Waals surface area (Å²) in [7, 11) is 1.32. The first kappa shape index (κ1) is 9.58. The Hall–Kier alpha value is -1.51. The second kappa shape index (κ2) is 3.47. The van der Waals surface area contributed by atoms with Crippen LogP contribution < -0.4 is 0 Å². The fourth-order valence-electron chi connectivity index (χ4n) is 1.17. The first-order valence-electron chi connectivity index (χ1n) is 3.94. The van der Waals surface area contributed by atoms with Crippen molar-refractivity contribution in [2.24, 2.45) is 0 Å². The molecular weight excluding hydrogens is 168 g/mol. The zero-order chi connectivity index (χ0) is 10.0. The molecule has 0 aliphatic heterocycles. The van der Waals surface area contributed by atoms with Gasteiger partial charge in [-0.2, -0.15) is 0 Å². The predicted molar refractivity (Wildman–Crippen MR) is 48.9 cm³/mol. The SMILES string of the molecule is COC(=O)c1cc(O)c(C)cc1C. The highest BCUT2D eigenvalue weighted by Gasteiger charge is 2.11. The van der Waals surface area contributed by atoms with Crippen LogP contribution in [0.15, 0.2) is 12.1 Å². The third kappa shape index (κ3) is 1.80.